The highest BCUT2D eigenvalue weighted by molar-refractivity contribution is 7.92. The number of hydrogen-bond donors (Lipinski definition) is 0. The topological polar surface area (TPSA) is 34.1 Å². The molecule has 0 bridgehead atoms. The van der Waals surface area contributed by atoms with Gasteiger partial charge in [-0.1, -0.05) is 25.0 Å². The van der Waals surface area contributed by atoms with Crippen LogP contribution in [0.1, 0.15) is 31.2 Å². The van der Waals surface area contributed by atoms with E-state index in [-0.39, 0.29) is 0 Å². The summed E-state index contributed by atoms with van der Waals surface area (Å²) in [7, 11) is -3.87. The maximum atomic E-state index is 12.8. The number of alkyl halides is 3. The zero-order valence-corrected chi connectivity index (χ0v) is 10.4. The first-order valence-electron chi connectivity index (χ1n) is 5.73. The molecule has 0 unspecified atom stereocenters. The van der Waals surface area contributed by atoms with Gasteiger partial charge in [0.2, 0.25) is 0 Å². The monoisotopic (exact) mass is 278 g/mol. The lowest BCUT2D eigenvalue weighted by atomic mass is 10.2. The van der Waals surface area contributed by atoms with Gasteiger partial charge in [-0.25, -0.2) is 8.42 Å². The number of rotatable bonds is 2. The fraction of sp³-hybridized carbons (Fsp3) is 0.500. The van der Waals surface area contributed by atoms with E-state index in [9.17, 15) is 21.6 Å². The summed E-state index contributed by atoms with van der Waals surface area (Å²) in [5.41, 5.74) is -1.06. The Labute approximate surface area is 104 Å². The lowest BCUT2D eigenvalue weighted by Crippen LogP contribution is -2.21. The van der Waals surface area contributed by atoms with E-state index in [1.165, 1.54) is 12.1 Å². The average Bonchev–Trinajstić information content (AvgIpc) is 2.82. The summed E-state index contributed by atoms with van der Waals surface area (Å²) >= 11 is 0. The summed E-state index contributed by atoms with van der Waals surface area (Å²) in [6.07, 6.45) is -2.21. The van der Waals surface area contributed by atoms with E-state index < -0.39 is 31.7 Å². The SMILES string of the molecule is O=S(=O)(c1ccccc1C(F)(F)F)C1CCCC1. The second kappa shape index (κ2) is 4.57. The van der Waals surface area contributed by atoms with Crippen molar-refractivity contribution in [1.29, 1.82) is 0 Å². The third-order valence-corrected chi connectivity index (χ3v) is 5.56. The Morgan fingerprint density at radius 3 is 2.17 bits per heavy atom. The van der Waals surface area contributed by atoms with Crippen molar-refractivity contribution in [2.75, 3.05) is 0 Å². The van der Waals surface area contributed by atoms with Crippen LogP contribution < -0.4 is 0 Å². The standard InChI is InChI=1S/C12H13F3O2S/c13-12(14,15)10-7-3-4-8-11(10)18(16,17)9-5-1-2-6-9/h3-4,7-9H,1-2,5-6H2. The van der Waals surface area contributed by atoms with Crippen LogP contribution in [0.5, 0.6) is 0 Å². The van der Waals surface area contributed by atoms with Crippen molar-refractivity contribution in [3.63, 3.8) is 0 Å². The molecule has 1 aromatic rings. The first-order valence-corrected chi connectivity index (χ1v) is 7.28. The first-order chi connectivity index (χ1) is 8.33. The van der Waals surface area contributed by atoms with Gasteiger partial charge in [-0.3, -0.25) is 0 Å². The van der Waals surface area contributed by atoms with Crippen LogP contribution in [0.2, 0.25) is 0 Å². The van der Waals surface area contributed by atoms with Crippen molar-refractivity contribution >= 4 is 9.84 Å². The molecule has 1 aliphatic rings. The minimum Gasteiger partial charge on any atom is -0.223 e. The molecule has 18 heavy (non-hydrogen) atoms. The molecule has 0 atom stereocenters. The molecule has 0 N–H and O–H groups in total. The predicted molar refractivity (Wildman–Crippen MR) is 60.9 cm³/mol. The second-order valence-corrected chi connectivity index (χ2v) is 6.64. The van der Waals surface area contributed by atoms with Crippen LogP contribution in [-0.4, -0.2) is 13.7 Å². The number of hydrogen-bond acceptors (Lipinski definition) is 2. The lowest BCUT2D eigenvalue weighted by Gasteiger charge is -2.16. The molecule has 0 radical (unpaired) electrons. The molecule has 0 saturated heterocycles. The Balaban J connectivity index is 2.51. The molecule has 1 saturated carbocycles. The van der Waals surface area contributed by atoms with Crippen LogP contribution >= 0.6 is 0 Å². The van der Waals surface area contributed by atoms with Gasteiger partial charge in [0.25, 0.3) is 0 Å². The molecule has 1 aliphatic carbocycles. The van der Waals surface area contributed by atoms with Gasteiger partial charge in [0.1, 0.15) is 0 Å². The maximum Gasteiger partial charge on any atom is 0.417 e. The molecule has 100 valence electrons. The molecule has 0 spiro atoms. The van der Waals surface area contributed by atoms with Crippen LogP contribution in [0.25, 0.3) is 0 Å². The maximum absolute atomic E-state index is 12.8. The van der Waals surface area contributed by atoms with Gasteiger partial charge in [0.05, 0.1) is 15.7 Å². The number of benzene rings is 1. The molecule has 0 aromatic heterocycles. The van der Waals surface area contributed by atoms with E-state index >= 15 is 0 Å². The van der Waals surface area contributed by atoms with Crippen LogP contribution in [0.15, 0.2) is 29.2 Å². The van der Waals surface area contributed by atoms with Crippen molar-refractivity contribution in [3.05, 3.63) is 29.8 Å². The molecule has 6 heteroatoms. The molecule has 2 rings (SSSR count). The van der Waals surface area contributed by atoms with Gasteiger partial charge in [0, 0.05) is 0 Å². The van der Waals surface area contributed by atoms with Crippen LogP contribution in [0, 0.1) is 0 Å². The molecule has 0 aliphatic heterocycles. The Kier molecular flexibility index (Phi) is 3.40. The summed E-state index contributed by atoms with van der Waals surface area (Å²) in [5, 5.41) is -0.666. The van der Waals surface area contributed by atoms with Crippen molar-refractivity contribution in [3.8, 4) is 0 Å². The highest BCUT2D eigenvalue weighted by atomic mass is 32.2. The van der Waals surface area contributed by atoms with E-state index in [1.54, 1.807) is 0 Å². The van der Waals surface area contributed by atoms with Crippen molar-refractivity contribution in [1.82, 2.24) is 0 Å². The predicted octanol–water partition coefficient (Wildman–Crippen LogP) is 3.42. The molecular formula is C12H13F3O2S. The number of halogens is 3. The Hall–Kier alpha value is -1.04. The van der Waals surface area contributed by atoms with E-state index in [0.29, 0.717) is 12.8 Å². The quantitative estimate of drug-likeness (QED) is 0.830. The minimum atomic E-state index is -4.64. The third-order valence-electron chi connectivity index (χ3n) is 3.24. The Morgan fingerprint density at radius 2 is 1.61 bits per heavy atom. The number of sulfone groups is 1. The fourth-order valence-electron chi connectivity index (χ4n) is 2.33. The van der Waals surface area contributed by atoms with E-state index in [1.807, 2.05) is 0 Å². The highest BCUT2D eigenvalue weighted by Crippen LogP contribution is 2.37. The average molecular weight is 278 g/mol. The van der Waals surface area contributed by atoms with Gasteiger partial charge in [0.15, 0.2) is 9.84 Å². The molecule has 1 fully saturated rings. The molecule has 1 aromatic carbocycles. The lowest BCUT2D eigenvalue weighted by molar-refractivity contribution is -0.139. The molecule has 2 nitrogen and oxygen atoms in total. The van der Waals surface area contributed by atoms with Crippen LogP contribution in [0.3, 0.4) is 0 Å². The van der Waals surface area contributed by atoms with Crippen LogP contribution in [-0.2, 0) is 16.0 Å². The largest absolute Gasteiger partial charge is 0.417 e. The zero-order chi connectivity index (χ0) is 13.4. The zero-order valence-electron chi connectivity index (χ0n) is 9.57. The molecule has 0 amide bonds. The summed E-state index contributed by atoms with van der Waals surface area (Å²) in [5.74, 6) is 0. The van der Waals surface area contributed by atoms with Crippen LogP contribution in [0.4, 0.5) is 13.2 Å². The second-order valence-electron chi connectivity index (χ2n) is 4.45. The highest BCUT2D eigenvalue weighted by Gasteiger charge is 2.39. The molecule has 0 heterocycles. The molecular weight excluding hydrogens is 265 g/mol. The smallest absolute Gasteiger partial charge is 0.223 e. The van der Waals surface area contributed by atoms with Crippen molar-refractivity contribution in [2.24, 2.45) is 0 Å². The van der Waals surface area contributed by atoms with Gasteiger partial charge in [-0.15, -0.1) is 0 Å². The van der Waals surface area contributed by atoms with Gasteiger partial charge in [-0.2, -0.15) is 13.2 Å². The van der Waals surface area contributed by atoms with Crippen molar-refractivity contribution in [2.45, 2.75) is 42.0 Å². The summed E-state index contributed by atoms with van der Waals surface area (Å²) in [4.78, 5) is -0.579. The normalized spacial score (nSPS) is 18.2. The van der Waals surface area contributed by atoms with Gasteiger partial charge >= 0.3 is 6.18 Å². The van der Waals surface area contributed by atoms with Gasteiger partial charge in [-0.05, 0) is 25.0 Å². The fourth-order valence-corrected chi connectivity index (χ4v) is 4.40. The van der Waals surface area contributed by atoms with Gasteiger partial charge < -0.3 is 0 Å². The van der Waals surface area contributed by atoms with E-state index in [0.717, 1.165) is 25.0 Å². The first kappa shape index (κ1) is 13.4. The summed E-state index contributed by atoms with van der Waals surface area (Å²) in [6, 6.07) is 4.41. The summed E-state index contributed by atoms with van der Waals surface area (Å²) < 4.78 is 62.8. The Bertz CT molecular complexity index is 528. The van der Waals surface area contributed by atoms with E-state index in [4.69, 9.17) is 0 Å². The summed E-state index contributed by atoms with van der Waals surface area (Å²) in [6.45, 7) is 0. The van der Waals surface area contributed by atoms with E-state index in [2.05, 4.69) is 0 Å². The Morgan fingerprint density at radius 1 is 1.06 bits per heavy atom. The minimum absolute atomic E-state index is 0.453. The van der Waals surface area contributed by atoms with Crippen molar-refractivity contribution < 1.29 is 21.6 Å². The third kappa shape index (κ3) is 2.39.